The van der Waals surface area contributed by atoms with E-state index in [2.05, 4.69) is 9.97 Å². The molecule has 0 aliphatic heterocycles. The SMILES string of the molecule is COc1ccc(C(=O)c2nc3cc(OC)c(OC)c(OC)c3c(=O)[nH]2)cc1OC. The fourth-order valence-corrected chi connectivity index (χ4v) is 2.99. The van der Waals surface area contributed by atoms with Crippen LogP contribution in [0.4, 0.5) is 0 Å². The molecule has 0 spiro atoms. The molecule has 152 valence electrons. The molecule has 0 radical (unpaired) electrons. The monoisotopic (exact) mass is 400 g/mol. The number of ether oxygens (including phenoxy) is 5. The molecule has 0 bridgehead atoms. The van der Waals surface area contributed by atoms with E-state index in [1.165, 1.54) is 47.7 Å². The number of nitrogens with zero attached hydrogens (tertiary/aromatic N) is 1. The molecule has 3 aromatic rings. The molecule has 0 fully saturated rings. The first kappa shape index (κ1) is 20.0. The van der Waals surface area contributed by atoms with E-state index in [0.29, 0.717) is 17.2 Å². The van der Waals surface area contributed by atoms with Gasteiger partial charge in [-0.05, 0) is 18.2 Å². The third-order valence-electron chi connectivity index (χ3n) is 4.36. The number of carbonyl (C=O) groups excluding carboxylic acids is 1. The average molecular weight is 400 g/mol. The third kappa shape index (κ3) is 3.42. The zero-order chi connectivity index (χ0) is 21.1. The summed E-state index contributed by atoms with van der Waals surface area (Å²) in [5.74, 6) is 0.983. The quantitative estimate of drug-likeness (QED) is 0.601. The van der Waals surface area contributed by atoms with Crippen LogP contribution in [0.2, 0.25) is 0 Å². The highest BCUT2D eigenvalue weighted by atomic mass is 16.5. The smallest absolute Gasteiger partial charge is 0.263 e. The van der Waals surface area contributed by atoms with Crippen LogP contribution >= 0.6 is 0 Å². The van der Waals surface area contributed by atoms with E-state index in [9.17, 15) is 9.59 Å². The van der Waals surface area contributed by atoms with Gasteiger partial charge in [0.1, 0.15) is 5.39 Å². The molecule has 0 atom stereocenters. The molecular weight excluding hydrogens is 380 g/mol. The number of hydrogen-bond donors (Lipinski definition) is 1. The van der Waals surface area contributed by atoms with Gasteiger partial charge >= 0.3 is 0 Å². The minimum atomic E-state index is -0.545. The van der Waals surface area contributed by atoms with Crippen molar-refractivity contribution in [1.82, 2.24) is 9.97 Å². The van der Waals surface area contributed by atoms with Crippen molar-refractivity contribution in [3.63, 3.8) is 0 Å². The molecular formula is C20H20N2O7. The summed E-state index contributed by atoms with van der Waals surface area (Å²) in [6, 6.07) is 6.18. The zero-order valence-electron chi connectivity index (χ0n) is 16.6. The number of rotatable bonds is 7. The summed E-state index contributed by atoms with van der Waals surface area (Å²) in [7, 11) is 7.25. The van der Waals surface area contributed by atoms with Crippen LogP contribution in [0.5, 0.6) is 28.7 Å². The van der Waals surface area contributed by atoms with E-state index in [1.54, 1.807) is 12.1 Å². The maximum Gasteiger partial charge on any atom is 0.263 e. The van der Waals surface area contributed by atoms with Crippen LogP contribution in [0.25, 0.3) is 10.9 Å². The van der Waals surface area contributed by atoms with Gasteiger partial charge < -0.3 is 28.7 Å². The molecule has 0 amide bonds. The Morgan fingerprint density at radius 2 is 1.48 bits per heavy atom. The lowest BCUT2D eigenvalue weighted by atomic mass is 10.1. The van der Waals surface area contributed by atoms with Crippen LogP contribution in [0.15, 0.2) is 29.1 Å². The summed E-state index contributed by atoms with van der Waals surface area (Å²) in [5.41, 5.74) is -0.0405. The number of aromatic amines is 1. The highest BCUT2D eigenvalue weighted by molar-refractivity contribution is 6.07. The fraction of sp³-hybridized carbons (Fsp3) is 0.250. The molecule has 0 saturated carbocycles. The number of carbonyl (C=O) groups is 1. The molecule has 0 aliphatic rings. The average Bonchev–Trinajstić information content (AvgIpc) is 2.76. The fourth-order valence-electron chi connectivity index (χ4n) is 2.99. The summed E-state index contributed by atoms with van der Waals surface area (Å²) in [4.78, 5) is 32.5. The Morgan fingerprint density at radius 1 is 0.828 bits per heavy atom. The van der Waals surface area contributed by atoms with E-state index in [4.69, 9.17) is 23.7 Å². The van der Waals surface area contributed by atoms with Gasteiger partial charge in [0, 0.05) is 11.6 Å². The second kappa shape index (κ2) is 8.09. The maximum atomic E-state index is 12.9. The van der Waals surface area contributed by atoms with E-state index in [-0.39, 0.29) is 33.8 Å². The topological polar surface area (TPSA) is 109 Å². The van der Waals surface area contributed by atoms with Crippen molar-refractivity contribution in [2.45, 2.75) is 0 Å². The van der Waals surface area contributed by atoms with Crippen LogP contribution in [-0.2, 0) is 0 Å². The van der Waals surface area contributed by atoms with Crippen molar-refractivity contribution in [2.75, 3.05) is 35.5 Å². The number of aromatic nitrogens is 2. The normalized spacial score (nSPS) is 10.5. The number of ketones is 1. The Hall–Kier alpha value is -3.75. The van der Waals surface area contributed by atoms with Crippen LogP contribution in [-0.4, -0.2) is 51.3 Å². The summed E-state index contributed by atoms with van der Waals surface area (Å²) < 4.78 is 26.3. The van der Waals surface area contributed by atoms with Gasteiger partial charge in [-0.2, -0.15) is 0 Å². The first-order valence-corrected chi connectivity index (χ1v) is 8.48. The molecule has 1 heterocycles. The predicted molar refractivity (Wildman–Crippen MR) is 105 cm³/mol. The summed E-state index contributed by atoms with van der Waals surface area (Å²) in [6.07, 6.45) is 0. The lowest BCUT2D eigenvalue weighted by Crippen LogP contribution is -2.17. The summed E-state index contributed by atoms with van der Waals surface area (Å²) in [5, 5.41) is 0.147. The van der Waals surface area contributed by atoms with Crippen molar-refractivity contribution < 1.29 is 28.5 Å². The van der Waals surface area contributed by atoms with Gasteiger partial charge in [-0.1, -0.05) is 0 Å². The molecule has 0 unspecified atom stereocenters. The number of hydrogen-bond acceptors (Lipinski definition) is 8. The van der Waals surface area contributed by atoms with Crippen molar-refractivity contribution in [3.05, 3.63) is 46.0 Å². The van der Waals surface area contributed by atoms with Crippen molar-refractivity contribution in [3.8, 4) is 28.7 Å². The molecule has 2 aromatic carbocycles. The maximum absolute atomic E-state index is 12.9. The highest BCUT2D eigenvalue weighted by Crippen LogP contribution is 2.41. The second-order valence-corrected chi connectivity index (χ2v) is 5.85. The van der Waals surface area contributed by atoms with Gasteiger partial charge in [-0.25, -0.2) is 4.98 Å². The van der Waals surface area contributed by atoms with E-state index in [0.717, 1.165) is 0 Å². The van der Waals surface area contributed by atoms with Gasteiger partial charge in [0.05, 0.1) is 41.1 Å². The Labute approximate surface area is 166 Å². The third-order valence-corrected chi connectivity index (χ3v) is 4.36. The van der Waals surface area contributed by atoms with Gasteiger partial charge in [-0.3, -0.25) is 9.59 Å². The summed E-state index contributed by atoms with van der Waals surface area (Å²) >= 11 is 0. The van der Waals surface area contributed by atoms with E-state index < -0.39 is 11.3 Å². The largest absolute Gasteiger partial charge is 0.493 e. The molecule has 1 N–H and O–H groups in total. The zero-order valence-corrected chi connectivity index (χ0v) is 16.6. The molecule has 9 nitrogen and oxygen atoms in total. The van der Waals surface area contributed by atoms with Crippen molar-refractivity contribution in [2.24, 2.45) is 0 Å². The minimum absolute atomic E-state index is 0.135. The Bertz CT molecular complexity index is 1140. The van der Waals surface area contributed by atoms with E-state index >= 15 is 0 Å². The Balaban J connectivity index is 2.19. The first-order chi connectivity index (χ1) is 14.0. The molecule has 0 saturated heterocycles. The Morgan fingerprint density at radius 3 is 2.07 bits per heavy atom. The van der Waals surface area contributed by atoms with Gasteiger partial charge in [-0.15, -0.1) is 0 Å². The highest BCUT2D eigenvalue weighted by Gasteiger charge is 2.22. The van der Waals surface area contributed by atoms with Crippen molar-refractivity contribution >= 4 is 16.7 Å². The van der Waals surface area contributed by atoms with Gasteiger partial charge in [0.25, 0.3) is 5.56 Å². The van der Waals surface area contributed by atoms with Crippen LogP contribution in [0.1, 0.15) is 16.2 Å². The summed E-state index contributed by atoms with van der Waals surface area (Å²) in [6.45, 7) is 0. The number of H-pyrrole nitrogens is 1. The molecule has 9 heteroatoms. The molecule has 1 aromatic heterocycles. The predicted octanol–water partition coefficient (Wildman–Crippen LogP) is 2.20. The Kier molecular flexibility index (Phi) is 5.58. The first-order valence-electron chi connectivity index (χ1n) is 8.48. The lowest BCUT2D eigenvalue weighted by Gasteiger charge is -2.14. The van der Waals surface area contributed by atoms with Crippen LogP contribution in [0, 0.1) is 0 Å². The lowest BCUT2D eigenvalue weighted by molar-refractivity contribution is 0.102. The van der Waals surface area contributed by atoms with Crippen LogP contribution < -0.4 is 29.2 Å². The number of nitrogens with one attached hydrogen (secondary N) is 1. The second-order valence-electron chi connectivity index (χ2n) is 5.85. The minimum Gasteiger partial charge on any atom is -0.493 e. The molecule has 3 rings (SSSR count). The van der Waals surface area contributed by atoms with Crippen LogP contribution in [0.3, 0.4) is 0 Å². The molecule has 29 heavy (non-hydrogen) atoms. The number of methoxy groups -OCH3 is 5. The van der Waals surface area contributed by atoms with Crippen molar-refractivity contribution in [1.29, 1.82) is 0 Å². The number of fused-ring (bicyclic) bond motifs is 1. The number of benzene rings is 2. The van der Waals surface area contributed by atoms with Gasteiger partial charge in [0.15, 0.2) is 28.8 Å². The van der Waals surface area contributed by atoms with Gasteiger partial charge in [0.2, 0.25) is 11.5 Å². The standard InChI is InChI=1S/C20H20N2O7/c1-25-12-7-6-10(8-13(12)26-2)16(23)19-21-11-9-14(27-3)17(28-4)18(29-5)15(11)20(24)22-19/h6-9H,1-5H3,(H,21,22,24). The van der Waals surface area contributed by atoms with E-state index in [1.807, 2.05) is 0 Å². The molecule has 0 aliphatic carbocycles.